The Labute approximate surface area is 190 Å². The molecule has 1 saturated heterocycles. The number of nitrogens with zero attached hydrogens (tertiary/aromatic N) is 1. The first-order chi connectivity index (χ1) is 15.1. The van der Waals surface area contributed by atoms with Crippen LogP contribution in [0.3, 0.4) is 0 Å². The van der Waals surface area contributed by atoms with Gasteiger partial charge in [0.2, 0.25) is 5.91 Å². The van der Waals surface area contributed by atoms with E-state index in [0.717, 1.165) is 19.3 Å². The minimum Gasteiger partial charge on any atom is -0.493 e. The normalized spacial score (nSPS) is 16.3. The van der Waals surface area contributed by atoms with E-state index in [1.807, 2.05) is 25.7 Å². The maximum atomic E-state index is 12.8. The summed E-state index contributed by atoms with van der Waals surface area (Å²) in [5.41, 5.74) is 0.00169. The zero-order chi connectivity index (χ0) is 23.7. The van der Waals surface area contributed by atoms with E-state index in [1.54, 1.807) is 18.2 Å². The number of carbonyl (C=O) groups excluding carboxylic acids is 3. The van der Waals surface area contributed by atoms with Crippen molar-refractivity contribution in [1.29, 1.82) is 0 Å². The molecule has 1 heterocycles. The average Bonchev–Trinajstić information content (AvgIpc) is 2.74. The number of hydrogen-bond acceptors (Lipinski definition) is 6. The SMILES string of the molecule is COc1cc(C(C)=O)ccc1OCCCC(=O)N1CCCCC1CNC(=O)OC(C)(C)C. The molecule has 32 heavy (non-hydrogen) atoms. The topological polar surface area (TPSA) is 94.2 Å². The molecule has 0 bridgehead atoms. The number of nitrogens with one attached hydrogen (secondary N) is 1. The Bertz CT molecular complexity index is 802. The van der Waals surface area contributed by atoms with Crippen molar-refractivity contribution in [3.05, 3.63) is 23.8 Å². The lowest BCUT2D eigenvalue weighted by molar-refractivity contribution is -0.135. The fourth-order valence-corrected chi connectivity index (χ4v) is 3.61. The summed E-state index contributed by atoms with van der Waals surface area (Å²) in [5.74, 6) is 1.05. The number of Topliss-reactive ketones (excluding diaryl/α,β-unsaturated/α-hetero) is 1. The Kier molecular flexibility index (Phi) is 9.35. The highest BCUT2D eigenvalue weighted by atomic mass is 16.6. The van der Waals surface area contributed by atoms with Gasteiger partial charge in [0.25, 0.3) is 0 Å². The minimum absolute atomic E-state index is 0.0242. The summed E-state index contributed by atoms with van der Waals surface area (Å²) in [7, 11) is 1.53. The van der Waals surface area contributed by atoms with Crippen molar-refractivity contribution < 1.29 is 28.6 Å². The molecule has 0 aromatic heterocycles. The minimum atomic E-state index is -0.554. The van der Waals surface area contributed by atoms with Gasteiger partial charge in [-0.05, 0) is 71.6 Å². The molecule has 0 spiro atoms. The van der Waals surface area contributed by atoms with Crippen molar-refractivity contribution in [3.8, 4) is 11.5 Å². The summed E-state index contributed by atoms with van der Waals surface area (Å²) in [6.45, 7) is 8.39. The van der Waals surface area contributed by atoms with Gasteiger partial charge in [-0.2, -0.15) is 0 Å². The molecule has 0 saturated carbocycles. The summed E-state index contributed by atoms with van der Waals surface area (Å²) in [4.78, 5) is 38.1. The zero-order valence-electron chi connectivity index (χ0n) is 19.9. The molecule has 2 rings (SSSR count). The number of alkyl carbamates (subject to hydrolysis) is 1. The molecule has 178 valence electrons. The molecule has 1 atom stereocenters. The third kappa shape index (κ3) is 8.05. The van der Waals surface area contributed by atoms with E-state index in [0.29, 0.717) is 49.6 Å². The van der Waals surface area contributed by atoms with Crippen LogP contribution in [0.4, 0.5) is 4.79 Å². The Morgan fingerprint density at radius 1 is 1.16 bits per heavy atom. The number of methoxy groups -OCH3 is 1. The maximum Gasteiger partial charge on any atom is 0.407 e. The number of ether oxygens (including phenoxy) is 3. The Morgan fingerprint density at radius 3 is 2.56 bits per heavy atom. The quantitative estimate of drug-likeness (QED) is 0.454. The highest BCUT2D eigenvalue weighted by molar-refractivity contribution is 5.94. The molecular formula is C24H36N2O6. The zero-order valence-corrected chi connectivity index (χ0v) is 19.9. The third-order valence-electron chi connectivity index (χ3n) is 5.19. The first-order valence-corrected chi connectivity index (χ1v) is 11.2. The average molecular weight is 449 g/mol. The van der Waals surface area contributed by atoms with Crippen molar-refractivity contribution >= 4 is 17.8 Å². The third-order valence-corrected chi connectivity index (χ3v) is 5.19. The van der Waals surface area contributed by atoms with Gasteiger partial charge in [0.05, 0.1) is 13.7 Å². The number of likely N-dealkylation sites (tertiary alicyclic amines) is 1. The van der Waals surface area contributed by atoms with E-state index in [9.17, 15) is 14.4 Å². The summed E-state index contributed by atoms with van der Waals surface area (Å²) in [6.07, 6.45) is 3.30. The van der Waals surface area contributed by atoms with Gasteiger partial charge in [-0.25, -0.2) is 4.79 Å². The van der Waals surface area contributed by atoms with Crippen LogP contribution in [0.1, 0.15) is 70.2 Å². The van der Waals surface area contributed by atoms with Crippen molar-refractivity contribution in [2.75, 3.05) is 26.8 Å². The second-order valence-corrected chi connectivity index (χ2v) is 8.99. The predicted octanol–water partition coefficient (Wildman–Crippen LogP) is 3.96. The molecule has 1 N–H and O–H groups in total. The highest BCUT2D eigenvalue weighted by Crippen LogP contribution is 2.28. The molecule has 0 aliphatic carbocycles. The summed E-state index contributed by atoms with van der Waals surface area (Å²) < 4.78 is 16.4. The van der Waals surface area contributed by atoms with E-state index < -0.39 is 11.7 Å². The molecule has 1 aliphatic heterocycles. The van der Waals surface area contributed by atoms with Gasteiger partial charge in [0.1, 0.15) is 5.60 Å². The first-order valence-electron chi connectivity index (χ1n) is 11.2. The van der Waals surface area contributed by atoms with Crippen molar-refractivity contribution in [3.63, 3.8) is 0 Å². The van der Waals surface area contributed by atoms with Gasteiger partial charge >= 0.3 is 6.09 Å². The predicted molar refractivity (Wildman–Crippen MR) is 121 cm³/mol. The lowest BCUT2D eigenvalue weighted by Crippen LogP contribution is -2.50. The van der Waals surface area contributed by atoms with Crippen molar-refractivity contribution in [1.82, 2.24) is 10.2 Å². The molecule has 1 unspecified atom stereocenters. The van der Waals surface area contributed by atoms with Gasteiger partial charge in [0, 0.05) is 31.1 Å². The largest absolute Gasteiger partial charge is 0.493 e. The van der Waals surface area contributed by atoms with Gasteiger partial charge in [-0.3, -0.25) is 9.59 Å². The Balaban J connectivity index is 1.82. The number of rotatable bonds is 9. The first kappa shape index (κ1) is 25.5. The second-order valence-electron chi connectivity index (χ2n) is 8.99. The fraction of sp³-hybridized carbons (Fsp3) is 0.625. The van der Waals surface area contributed by atoms with E-state index in [-0.39, 0.29) is 17.7 Å². The summed E-state index contributed by atoms with van der Waals surface area (Å²) in [6, 6.07) is 5.03. The summed E-state index contributed by atoms with van der Waals surface area (Å²) >= 11 is 0. The Morgan fingerprint density at radius 2 is 1.91 bits per heavy atom. The fourth-order valence-electron chi connectivity index (χ4n) is 3.61. The molecule has 8 nitrogen and oxygen atoms in total. The van der Waals surface area contributed by atoms with Gasteiger partial charge in [0.15, 0.2) is 17.3 Å². The lowest BCUT2D eigenvalue weighted by atomic mass is 10.0. The lowest BCUT2D eigenvalue weighted by Gasteiger charge is -2.36. The van der Waals surface area contributed by atoms with Crippen LogP contribution in [-0.2, 0) is 9.53 Å². The Hall–Kier alpha value is -2.77. The smallest absolute Gasteiger partial charge is 0.407 e. The molecular weight excluding hydrogens is 412 g/mol. The van der Waals surface area contributed by atoms with E-state index in [2.05, 4.69) is 5.32 Å². The number of ketones is 1. The van der Waals surface area contributed by atoms with Crippen LogP contribution in [-0.4, -0.2) is 61.1 Å². The molecule has 1 aromatic rings. The molecule has 1 aliphatic rings. The standard InChI is InChI=1S/C24H36N2O6/c1-17(27)18-11-12-20(21(15-18)30-5)31-14-8-10-22(28)26-13-7-6-9-19(26)16-25-23(29)32-24(2,3)4/h11-12,15,19H,6-10,13-14,16H2,1-5H3,(H,25,29). The van der Waals surface area contributed by atoms with Crippen molar-refractivity contribution in [2.45, 2.75) is 71.4 Å². The second kappa shape index (κ2) is 11.7. The number of amides is 2. The van der Waals surface area contributed by atoms with Gasteiger partial charge in [-0.15, -0.1) is 0 Å². The molecule has 1 aromatic carbocycles. The van der Waals surface area contributed by atoms with Crippen molar-refractivity contribution in [2.24, 2.45) is 0 Å². The number of piperidine rings is 1. The van der Waals surface area contributed by atoms with Crippen LogP contribution < -0.4 is 14.8 Å². The number of carbonyl (C=O) groups is 3. The van der Waals surface area contributed by atoms with Crippen LogP contribution in [0.2, 0.25) is 0 Å². The van der Waals surface area contributed by atoms with Crippen LogP contribution in [0.15, 0.2) is 18.2 Å². The summed E-state index contributed by atoms with van der Waals surface area (Å²) in [5, 5.41) is 2.79. The monoisotopic (exact) mass is 448 g/mol. The van der Waals surface area contributed by atoms with E-state index in [1.165, 1.54) is 14.0 Å². The van der Waals surface area contributed by atoms with E-state index in [4.69, 9.17) is 14.2 Å². The van der Waals surface area contributed by atoms with Gasteiger partial charge < -0.3 is 24.4 Å². The maximum absolute atomic E-state index is 12.8. The van der Waals surface area contributed by atoms with E-state index >= 15 is 0 Å². The van der Waals surface area contributed by atoms with Crippen LogP contribution in [0.5, 0.6) is 11.5 Å². The molecule has 8 heteroatoms. The molecule has 2 amide bonds. The molecule has 1 fully saturated rings. The van der Waals surface area contributed by atoms with Crippen LogP contribution in [0, 0.1) is 0 Å². The number of hydrogen-bond donors (Lipinski definition) is 1. The molecule has 0 radical (unpaired) electrons. The van der Waals surface area contributed by atoms with Crippen LogP contribution >= 0.6 is 0 Å². The number of benzene rings is 1. The van der Waals surface area contributed by atoms with Gasteiger partial charge in [-0.1, -0.05) is 0 Å². The highest BCUT2D eigenvalue weighted by Gasteiger charge is 2.27. The van der Waals surface area contributed by atoms with Crippen LogP contribution in [0.25, 0.3) is 0 Å².